The van der Waals surface area contributed by atoms with Crippen LogP contribution in [0.4, 0.5) is 0 Å². The van der Waals surface area contributed by atoms with Crippen LogP contribution in [-0.2, 0) is 13.0 Å². The summed E-state index contributed by atoms with van der Waals surface area (Å²) >= 11 is 0. The van der Waals surface area contributed by atoms with Crippen molar-refractivity contribution in [3.8, 4) is 0 Å². The molecule has 0 aliphatic heterocycles. The summed E-state index contributed by atoms with van der Waals surface area (Å²) in [6.07, 6.45) is 0.950. The van der Waals surface area contributed by atoms with Gasteiger partial charge in [-0.25, -0.2) is 0 Å². The number of nitrogens with one attached hydrogen (secondary N) is 1. The van der Waals surface area contributed by atoms with Crippen LogP contribution in [0.15, 0.2) is 23.0 Å². The van der Waals surface area contributed by atoms with E-state index in [1.165, 1.54) is 5.56 Å². The Kier molecular flexibility index (Phi) is 6.22. The number of pyridine rings is 1. The lowest BCUT2D eigenvalue weighted by atomic mass is 10.0. The van der Waals surface area contributed by atoms with Crippen LogP contribution in [0.5, 0.6) is 0 Å². The first kappa shape index (κ1) is 18.7. The molecule has 0 fully saturated rings. The van der Waals surface area contributed by atoms with Gasteiger partial charge in [0.05, 0.1) is 0 Å². The van der Waals surface area contributed by atoms with E-state index < -0.39 is 0 Å². The summed E-state index contributed by atoms with van der Waals surface area (Å²) in [4.78, 5) is 18.9. The molecule has 0 atom stereocenters. The molecule has 0 bridgehead atoms. The Balaban J connectivity index is 2.44. The standard InChI is InChI=1S/C21H32N2O/c1-7-17-8-9-20-18(10-17)21(24)19(16(6)22-20)13-23(11-14(2)3)12-15(4)5/h8-10,14-15H,7,11-13H2,1-6H3,(H,22,24). The highest BCUT2D eigenvalue weighted by atomic mass is 16.1. The van der Waals surface area contributed by atoms with Gasteiger partial charge in [0.15, 0.2) is 5.43 Å². The number of hydrogen-bond acceptors (Lipinski definition) is 2. The molecule has 0 aliphatic carbocycles. The molecule has 0 aliphatic rings. The van der Waals surface area contributed by atoms with E-state index in [0.717, 1.165) is 48.2 Å². The topological polar surface area (TPSA) is 36.1 Å². The van der Waals surface area contributed by atoms with Gasteiger partial charge < -0.3 is 4.98 Å². The van der Waals surface area contributed by atoms with Crippen molar-refractivity contribution in [1.82, 2.24) is 9.88 Å². The van der Waals surface area contributed by atoms with Crippen molar-refractivity contribution in [2.45, 2.75) is 54.5 Å². The molecule has 1 aromatic heterocycles. The summed E-state index contributed by atoms with van der Waals surface area (Å²) in [5.74, 6) is 1.19. The number of benzene rings is 1. The van der Waals surface area contributed by atoms with Crippen LogP contribution in [0.1, 0.15) is 51.4 Å². The number of aromatic nitrogens is 1. The maximum Gasteiger partial charge on any atom is 0.194 e. The summed E-state index contributed by atoms with van der Waals surface area (Å²) in [7, 11) is 0. The molecule has 0 saturated heterocycles. The largest absolute Gasteiger partial charge is 0.358 e. The highest BCUT2D eigenvalue weighted by molar-refractivity contribution is 5.80. The molecule has 1 heterocycles. The SMILES string of the molecule is CCc1ccc2[nH]c(C)c(CN(CC(C)C)CC(C)C)c(=O)c2c1. The van der Waals surface area contributed by atoms with Gasteiger partial charge in [0.1, 0.15) is 0 Å². The summed E-state index contributed by atoms with van der Waals surface area (Å²) in [6, 6.07) is 6.18. The zero-order valence-electron chi connectivity index (χ0n) is 16.1. The van der Waals surface area contributed by atoms with Crippen LogP contribution in [0.2, 0.25) is 0 Å². The number of nitrogens with zero attached hydrogens (tertiary/aromatic N) is 1. The van der Waals surface area contributed by atoms with Gasteiger partial charge in [-0.1, -0.05) is 40.7 Å². The molecule has 2 rings (SSSR count). The third kappa shape index (κ3) is 4.47. The fourth-order valence-corrected chi connectivity index (χ4v) is 3.37. The lowest BCUT2D eigenvalue weighted by molar-refractivity contribution is 0.210. The maximum absolute atomic E-state index is 13.1. The molecule has 24 heavy (non-hydrogen) atoms. The zero-order chi connectivity index (χ0) is 17.9. The molecule has 132 valence electrons. The van der Waals surface area contributed by atoms with E-state index >= 15 is 0 Å². The van der Waals surface area contributed by atoms with Crippen LogP contribution in [0, 0.1) is 18.8 Å². The van der Waals surface area contributed by atoms with Crippen LogP contribution in [0.3, 0.4) is 0 Å². The van der Waals surface area contributed by atoms with Crippen molar-refractivity contribution in [2.75, 3.05) is 13.1 Å². The average molecular weight is 329 g/mol. The maximum atomic E-state index is 13.1. The Bertz CT molecular complexity index is 733. The average Bonchev–Trinajstić information content (AvgIpc) is 2.49. The first-order valence-electron chi connectivity index (χ1n) is 9.18. The molecule has 0 saturated carbocycles. The summed E-state index contributed by atoms with van der Waals surface area (Å²) in [6.45, 7) is 15.8. The van der Waals surface area contributed by atoms with Crippen molar-refractivity contribution in [1.29, 1.82) is 0 Å². The first-order chi connectivity index (χ1) is 11.3. The minimum Gasteiger partial charge on any atom is -0.358 e. The molecular formula is C21H32N2O. The van der Waals surface area contributed by atoms with Gasteiger partial charge in [-0.2, -0.15) is 0 Å². The second-order valence-electron chi connectivity index (χ2n) is 7.77. The van der Waals surface area contributed by atoms with E-state index in [1.54, 1.807) is 0 Å². The highest BCUT2D eigenvalue weighted by Crippen LogP contribution is 2.16. The smallest absolute Gasteiger partial charge is 0.194 e. The van der Waals surface area contributed by atoms with Gasteiger partial charge in [-0.3, -0.25) is 9.69 Å². The minimum absolute atomic E-state index is 0.189. The summed E-state index contributed by atoms with van der Waals surface area (Å²) < 4.78 is 0. The Labute approximate surface area is 146 Å². The van der Waals surface area contributed by atoms with E-state index in [-0.39, 0.29) is 5.43 Å². The second-order valence-corrected chi connectivity index (χ2v) is 7.77. The number of fused-ring (bicyclic) bond motifs is 1. The molecule has 3 heteroatoms. The summed E-state index contributed by atoms with van der Waals surface area (Å²) in [5.41, 5.74) is 4.25. The van der Waals surface area contributed by atoms with Gasteiger partial charge in [0.2, 0.25) is 0 Å². The van der Waals surface area contributed by atoms with Gasteiger partial charge >= 0.3 is 0 Å². The lowest BCUT2D eigenvalue weighted by Gasteiger charge is -2.26. The van der Waals surface area contributed by atoms with Gasteiger partial charge in [0.25, 0.3) is 0 Å². The fourth-order valence-electron chi connectivity index (χ4n) is 3.37. The molecule has 0 unspecified atom stereocenters. The number of aryl methyl sites for hydroxylation is 2. The normalized spacial score (nSPS) is 12.0. The fraction of sp³-hybridized carbons (Fsp3) is 0.571. The van der Waals surface area contributed by atoms with E-state index in [4.69, 9.17) is 0 Å². The summed E-state index contributed by atoms with van der Waals surface area (Å²) in [5, 5.41) is 0.823. The minimum atomic E-state index is 0.189. The van der Waals surface area contributed by atoms with Crippen molar-refractivity contribution in [3.63, 3.8) is 0 Å². The van der Waals surface area contributed by atoms with E-state index in [1.807, 2.05) is 19.1 Å². The third-order valence-electron chi connectivity index (χ3n) is 4.41. The Morgan fingerprint density at radius 3 is 2.25 bits per heavy atom. The van der Waals surface area contributed by atoms with Crippen molar-refractivity contribution in [3.05, 3.63) is 45.2 Å². The van der Waals surface area contributed by atoms with E-state index in [2.05, 4.69) is 50.6 Å². The first-order valence-corrected chi connectivity index (χ1v) is 9.18. The van der Waals surface area contributed by atoms with Gasteiger partial charge in [-0.15, -0.1) is 0 Å². The van der Waals surface area contributed by atoms with Crippen molar-refractivity contribution >= 4 is 10.9 Å². The third-order valence-corrected chi connectivity index (χ3v) is 4.41. The van der Waals surface area contributed by atoms with Crippen molar-refractivity contribution < 1.29 is 0 Å². The molecule has 1 aromatic carbocycles. The quantitative estimate of drug-likeness (QED) is 0.811. The van der Waals surface area contributed by atoms with Gasteiger partial charge in [-0.05, 0) is 42.9 Å². The van der Waals surface area contributed by atoms with Crippen LogP contribution in [-0.4, -0.2) is 23.0 Å². The predicted octanol–water partition coefficient (Wildman–Crippen LogP) is 4.51. The molecule has 0 amide bonds. The van der Waals surface area contributed by atoms with Crippen LogP contribution < -0.4 is 5.43 Å². The molecule has 0 radical (unpaired) electrons. The highest BCUT2D eigenvalue weighted by Gasteiger charge is 2.16. The monoisotopic (exact) mass is 328 g/mol. The molecule has 3 nitrogen and oxygen atoms in total. The van der Waals surface area contributed by atoms with E-state index in [0.29, 0.717) is 11.8 Å². The van der Waals surface area contributed by atoms with Gasteiger partial charge in [0, 0.05) is 41.8 Å². The molecule has 1 N–H and O–H groups in total. The zero-order valence-corrected chi connectivity index (χ0v) is 16.1. The van der Waals surface area contributed by atoms with Crippen LogP contribution in [0.25, 0.3) is 10.9 Å². The molecular weight excluding hydrogens is 296 g/mol. The molecule has 0 spiro atoms. The Morgan fingerprint density at radius 1 is 1.08 bits per heavy atom. The predicted molar refractivity (Wildman–Crippen MR) is 104 cm³/mol. The van der Waals surface area contributed by atoms with E-state index in [9.17, 15) is 4.79 Å². The second kappa shape index (κ2) is 7.98. The number of rotatable bonds is 7. The lowest BCUT2D eigenvalue weighted by Crippen LogP contribution is -2.33. The number of H-pyrrole nitrogens is 1. The van der Waals surface area contributed by atoms with Crippen molar-refractivity contribution in [2.24, 2.45) is 11.8 Å². The van der Waals surface area contributed by atoms with Crippen LogP contribution >= 0.6 is 0 Å². The number of aromatic amines is 1. The Hall–Kier alpha value is -1.61. The Morgan fingerprint density at radius 2 is 1.71 bits per heavy atom. The number of hydrogen-bond donors (Lipinski definition) is 1. The molecule has 2 aromatic rings.